The number of hydrogen-bond donors (Lipinski definition) is 0. The topological polar surface area (TPSA) is 0 Å². The molecule has 0 aliphatic heterocycles. The van der Waals surface area contributed by atoms with Gasteiger partial charge in [0.2, 0.25) is 0 Å². The van der Waals surface area contributed by atoms with Gasteiger partial charge in [0, 0.05) is 5.92 Å². The summed E-state index contributed by atoms with van der Waals surface area (Å²) in [7, 11) is 0. The molecule has 0 aromatic heterocycles. The van der Waals surface area contributed by atoms with Gasteiger partial charge in [-0.2, -0.15) is 0 Å². The molecule has 2 aliphatic carbocycles. The van der Waals surface area contributed by atoms with Gasteiger partial charge in [-0.05, 0) is 36.0 Å². The average molecular weight is 162 g/mol. The Kier molecular flexibility index (Phi) is 1.55. The van der Waals surface area contributed by atoms with Crippen LogP contribution in [0.4, 0.5) is 0 Å². The zero-order chi connectivity index (χ0) is 8.93. The smallest absolute Gasteiger partial charge is 0.0262 e. The van der Waals surface area contributed by atoms with E-state index in [2.05, 4.69) is 26.7 Å². The standard InChI is InChI=1S/C12H18/c1-5-10-7-12(10,4)11-6-8(2)9(11)3/h1,8-11H,6-7H2,2-4H3. The van der Waals surface area contributed by atoms with Crippen molar-refractivity contribution in [3.05, 3.63) is 0 Å². The lowest BCUT2D eigenvalue weighted by atomic mass is 9.60. The minimum absolute atomic E-state index is 0.528. The molecule has 2 rings (SSSR count). The van der Waals surface area contributed by atoms with E-state index in [0.717, 1.165) is 17.8 Å². The van der Waals surface area contributed by atoms with Crippen LogP contribution < -0.4 is 0 Å². The Morgan fingerprint density at radius 2 is 2.08 bits per heavy atom. The molecule has 0 aromatic carbocycles. The van der Waals surface area contributed by atoms with Gasteiger partial charge in [0.1, 0.15) is 0 Å². The summed E-state index contributed by atoms with van der Waals surface area (Å²) in [5, 5.41) is 0. The van der Waals surface area contributed by atoms with E-state index in [0.29, 0.717) is 11.3 Å². The Hall–Kier alpha value is -0.440. The van der Waals surface area contributed by atoms with Crippen LogP contribution in [0.25, 0.3) is 0 Å². The summed E-state index contributed by atoms with van der Waals surface area (Å²) >= 11 is 0. The van der Waals surface area contributed by atoms with E-state index in [1.807, 2.05) is 0 Å². The lowest BCUT2D eigenvalue weighted by molar-refractivity contribution is 0.0389. The quantitative estimate of drug-likeness (QED) is 0.520. The fourth-order valence-electron chi connectivity index (χ4n) is 2.94. The van der Waals surface area contributed by atoms with Crippen LogP contribution in [0.15, 0.2) is 0 Å². The van der Waals surface area contributed by atoms with E-state index in [-0.39, 0.29) is 0 Å². The SMILES string of the molecule is C#CC1CC1(C)C1CC(C)C1C. The van der Waals surface area contributed by atoms with Crippen molar-refractivity contribution in [3.63, 3.8) is 0 Å². The van der Waals surface area contributed by atoms with Crippen molar-refractivity contribution in [2.24, 2.45) is 29.1 Å². The average Bonchev–Trinajstić information content (AvgIpc) is 2.73. The second kappa shape index (κ2) is 2.28. The Bertz CT molecular complexity index is 235. The summed E-state index contributed by atoms with van der Waals surface area (Å²) in [4.78, 5) is 0. The van der Waals surface area contributed by atoms with Crippen molar-refractivity contribution in [2.75, 3.05) is 0 Å². The summed E-state index contributed by atoms with van der Waals surface area (Å²) in [6.07, 6.45) is 8.15. The molecule has 0 bridgehead atoms. The monoisotopic (exact) mass is 162 g/mol. The van der Waals surface area contributed by atoms with Crippen LogP contribution in [0.1, 0.15) is 33.6 Å². The minimum atomic E-state index is 0.528. The maximum atomic E-state index is 5.46. The molecule has 0 heterocycles. The number of terminal acetylenes is 1. The van der Waals surface area contributed by atoms with Gasteiger partial charge in [-0.15, -0.1) is 12.3 Å². The number of rotatable bonds is 1. The van der Waals surface area contributed by atoms with Gasteiger partial charge in [0.15, 0.2) is 0 Å². The van der Waals surface area contributed by atoms with Crippen molar-refractivity contribution >= 4 is 0 Å². The predicted octanol–water partition coefficient (Wildman–Crippen LogP) is 2.94. The van der Waals surface area contributed by atoms with Crippen molar-refractivity contribution in [1.82, 2.24) is 0 Å². The van der Waals surface area contributed by atoms with Crippen molar-refractivity contribution in [2.45, 2.75) is 33.6 Å². The van der Waals surface area contributed by atoms with Gasteiger partial charge >= 0.3 is 0 Å². The van der Waals surface area contributed by atoms with Crippen LogP contribution >= 0.6 is 0 Å². The van der Waals surface area contributed by atoms with E-state index in [4.69, 9.17) is 6.42 Å². The maximum absolute atomic E-state index is 5.46. The molecule has 0 spiro atoms. The largest absolute Gasteiger partial charge is 0.120 e. The molecule has 5 unspecified atom stereocenters. The van der Waals surface area contributed by atoms with Crippen molar-refractivity contribution in [1.29, 1.82) is 0 Å². The third kappa shape index (κ3) is 0.859. The molecule has 0 N–H and O–H groups in total. The highest BCUT2D eigenvalue weighted by molar-refractivity contribution is 5.18. The fraction of sp³-hybridized carbons (Fsp3) is 0.833. The first-order valence-electron chi connectivity index (χ1n) is 5.05. The fourth-order valence-corrected chi connectivity index (χ4v) is 2.94. The van der Waals surface area contributed by atoms with Crippen LogP contribution in [-0.2, 0) is 0 Å². The maximum Gasteiger partial charge on any atom is 0.0262 e. The highest BCUT2D eigenvalue weighted by atomic mass is 14.6. The van der Waals surface area contributed by atoms with Gasteiger partial charge in [0.05, 0.1) is 0 Å². The lowest BCUT2D eigenvalue weighted by Crippen LogP contribution is -2.38. The van der Waals surface area contributed by atoms with Crippen molar-refractivity contribution < 1.29 is 0 Å². The van der Waals surface area contributed by atoms with E-state index in [1.165, 1.54) is 12.8 Å². The molecule has 2 aliphatic rings. The Labute approximate surface area is 75.7 Å². The summed E-state index contributed by atoms with van der Waals surface area (Å²) in [5.41, 5.74) is 0.528. The Morgan fingerprint density at radius 1 is 1.42 bits per heavy atom. The van der Waals surface area contributed by atoms with Gasteiger partial charge in [-0.25, -0.2) is 0 Å². The third-order valence-corrected chi connectivity index (χ3v) is 4.49. The zero-order valence-corrected chi connectivity index (χ0v) is 8.30. The molecule has 66 valence electrons. The first-order valence-corrected chi connectivity index (χ1v) is 5.05. The molecule has 2 saturated carbocycles. The van der Waals surface area contributed by atoms with Crippen LogP contribution in [0.2, 0.25) is 0 Å². The van der Waals surface area contributed by atoms with Gasteiger partial charge in [-0.3, -0.25) is 0 Å². The normalized spacial score (nSPS) is 57.2. The van der Waals surface area contributed by atoms with Gasteiger partial charge in [0.25, 0.3) is 0 Å². The van der Waals surface area contributed by atoms with Gasteiger partial charge < -0.3 is 0 Å². The van der Waals surface area contributed by atoms with Crippen LogP contribution in [0, 0.1) is 41.4 Å². The summed E-state index contributed by atoms with van der Waals surface area (Å²) in [6.45, 7) is 7.12. The zero-order valence-electron chi connectivity index (χ0n) is 8.30. The third-order valence-electron chi connectivity index (χ3n) is 4.49. The molecule has 2 fully saturated rings. The first-order chi connectivity index (χ1) is 5.59. The Balaban J connectivity index is 2.01. The molecule has 12 heavy (non-hydrogen) atoms. The van der Waals surface area contributed by atoms with Crippen LogP contribution in [0.5, 0.6) is 0 Å². The second-order valence-corrected chi connectivity index (χ2v) is 5.11. The number of hydrogen-bond acceptors (Lipinski definition) is 0. The summed E-state index contributed by atoms with van der Waals surface area (Å²) in [5.74, 6) is 6.28. The highest BCUT2D eigenvalue weighted by Gasteiger charge is 2.59. The van der Waals surface area contributed by atoms with Crippen molar-refractivity contribution in [3.8, 4) is 12.3 Å². The summed E-state index contributed by atoms with van der Waals surface area (Å²) in [6, 6.07) is 0. The van der Waals surface area contributed by atoms with Gasteiger partial charge in [-0.1, -0.05) is 20.8 Å². The highest BCUT2D eigenvalue weighted by Crippen LogP contribution is 2.65. The first kappa shape index (κ1) is 8.17. The van der Waals surface area contributed by atoms with Crippen LogP contribution in [0.3, 0.4) is 0 Å². The Morgan fingerprint density at radius 3 is 2.42 bits per heavy atom. The van der Waals surface area contributed by atoms with E-state index >= 15 is 0 Å². The second-order valence-electron chi connectivity index (χ2n) is 5.11. The molecule has 0 heteroatoms. The summed E-state index contributed by atoms with van der Waals surface area (Å²) < 4.78 is 0. The molecule has 5 atom stereocenters. The molecule has 0 saturated heterocycles. The van der Waals surface area contributed by atoms with Crippen LogP contribution in [-0.4, -0.2) is 0 Å². The minimum Gasteiger partial charge on any atom is -0.120 e. The molecular formula is C12H18. The molecular weight excluding hydrogens is 144 g/mol. The molecule has 0 nitrogen and oxygen atoms in total. The molecule has 0 amide bonds. The predicted molar refractivity (Wildman–Crippen MR) is 51.5 cm³/mol. The molecule has 0 radical (unpaired) electrons. The molecule has 0 aromatic rings. The van der Waals surface area contributed by atoms with E-state index < -0.39 is 0 Å². The van der Waals surface area contributed by atoms with E-state index in [1.54, 1.807) is 0 Å². The lowest BCUT2D eigenvalue weighted by Gasteiger charge is -2.45. The van der Waals surface area contributed by atoms with E-state index in [9.17, 15) is 0 Å².